The number of nitrogens with zero attached hydrogens (tertiary/aromatic N) is 1. The summed E-state index contributed by atoms with van der Waals surface area (Å²) in [6, 6.07) is 3.95. The Bertz CT molecular complexity index is 156. The van der Waals surface area contributed by atoms with E-state index in [9.17, 15) is 0 Å². The molecule has 0 radical (unpaired) electrons. The lowest BCUT2D eigenvalue weighted by Gasteiger charge is -1.82. The Labute approximate surface area is 97.0 Å². The molecule has 90 valence electrons. The molecule has 0 atom stereocenters. The van der Waals surface area contributed by atoms with E-state index in [1.165, 1.54) is 18.4 Å². The Hall–Kier alpha value is -0.850. The summed E-state index contributed by atoms with van der Waals surface area (Å²) in [6.45, 7) is 14.4. The zero-order chi connectivity index (χ0) is 12.5. The van der Waals surface area contributed by atoms with E-state index in [1.807, 2.05) is 52.9 Å². The van der Waals surface area contributed by atoms with Crippen molar-refractivity contribution in [1.29, 1.82) is 0 Å². The monoisotopic (exact) mass is 211 g/mol. The van der Waals surface area contributed by atoms with E-state index in [2.05, 4.69) is 18.8 Å². The number of aromatic nitrogens is 1. The van der Waals surface area contributed by atoms with Crippen molar-refractivity contribution >= 4 is 0 Å². The highest BCUT2D eigenvalue weighted by Crippen LogP contribution is 1.88. The van der Waals surface area contributed by atoms with Gasteiger partial charge in [0.1, 0.15) is 0 Å². The number of rotatable bonds is 1. The average Bonchev–Trinajstić information content (AvgIpc) is 2.35. The van der Waals surface area contributed by atoms with Crippen molar-refractivity contribution in [2.45, 2.75) is 61.3 Å². The Morgan fingerprint density at radius 3 is 1.60 bits per heavy atom. The Morgan fingerprint density at radius 1 is 1.00 bits per heavy atom. The SMILES string of the molecule is CC.CC.CCCC.Cc1cccnc1. The van der Waals surface area contributed by atoms with Gasteiger partial charge in [-0.3, -0.25) is 4.98 Å². The minimum absolute atomic E-state index is 1.21. The summed E-state index contributed by atoms with van der Waals surface area (Å²) >= 11 is 0. The second kappa shape index (κ2) is 23.2. The summed E-state index contributed by atoms with van der Waals surface area (Å²) < 4.78 is 0. The standard InChI is InChI=1S/C6H7N.C4H10.2C2H6/c1-6-3-2-4-7-5-6;1-3-4-2;2*1-2/h2-5H,1H3;3-4H2,1-2H3;2*1-2H3. The van der Waals surface area contributed by atoms with Crippen molar-refractivity contribution < 1.29 is 0 Å². The van der Waals surface area contributed by atoms with Crippen molar-refractivity contribution in [3.8, 4) is 0 Å². The molecule has 0 aromatic carbocycles. The normalized spacial score (nSPS) is 6.87. The van der Waals surface area contributed by atoms with E-state index in [0.717, 1.165) is 0 Å². The third kappa shape index (κ3) is 24.6. The minimum atomic E-state index is 1.21. The fourth-order valence-corrected chi connectivity index (χ4v) is 0.448. The predicted octanol–water partition coefficient (Wildman–Crippen LogP) is 5.25. The molecule has 0 aliphatic rings. The van der Waals surface area contributed by atoms with Gasteiger partial charge in [0, 0.05) is 12.4 Å². The van der Waals surface area contributed by atoms with Gasteiger partial charge >= 0.3 is 0 Å². The van der Waals surface area contributed by atoms with E-state index >= 15 is 0 Å². The molecule has 0 aliphatic carbocycles. The van der Waals surface area contributed by atoms with Crippen LogP contribution in [0.25, 0.3) is 0 Å². The van der Waals surface area contributed by atoms with E-state index in [0.29, 0.717) is 0 Å². The number of aryl methyl sites for hydroxylation is 1. The van der Waals surface area contributed by atoms with Crippen molar-refractivity contribution in [1.82, 2.24) is 4.98 Å². The Morgan fingerprint density at radius 2 is 1.47 bits per heavy atom. The third-order valence-corrected chi connectivity index (χ3v) is 1.31. The van der Waals surface area contributed by atoms with Crippen LogP contribution in [0.5, 0.6) is 0 Å². The van der Waals surface area contributed by atoms with Crippen LogP contribution in [0.15, 0.2) is 24.5 Å². The van der Waals surface area contributed by atoms with E-state index < -0.39 is 0 Å². The number of unbranched alkanes of at least 4 members (excludes halogenated alkanes) is 1. The molecule has 0 N–H and O–H groups in total. The first-order chi connectivity index (χ1) is 7.31. The van der Waals surface area contributed by atoms with Crippen LogP contribution in [-0.2, 0) is 0 Å². The van der Waals surface area contributed by atoms with Gasteiger partial charge in [-0.05, 0) is 18.6 Å². The van der Waals surface area contributed by atoms with E-state index in [1.54, 1.807) is 6.20 Å². The molecule has 0 fully saturated rings. The number of hydrogen-bond acceptors (Lipinski definition) is 1. The number of pyridine rings is 1. The topological polar surface area (TPSA) is 12.9 Å². The summed E-state index contributed by atoms with van der Waals surface area (Å²) in [6.07, 6.45) is 6.24. The maximum Gasteiger partial charge on any atom is 0.0297 e. The summed E-state index contributed by atoms with van der Waals surface area (Å²) in [5, 5.41) is 0. The second-order valence-electron chi connectivity index (χ2n) is 2.53. The van der Waals surface area contributed by atoms with Crippen LogP contribution in [-0.4, -0.2) is 4.98 Å². The van der Waals surface area contributed by atoms with Gasteiger partial charge in [-0.1, -0.05) is 60.5 Å². The molecule has 1 rings (SSSR count). The molecule has 1 aromatic heterocycles. The van der Waals surface area contributed by atoms with E-state index in [-0.39, 0.29) is 0 Å². The summed E-state index contributed by atoms with van der Waals surface area (Å²) in [5.74, 6) is 0. The Kier molecular flexibility index (Phi) is 30.4. The van der Waals surface area contributed by atoms with Crippen LogP contribution in [0.4, 0.5) is 0 Å². The predicted molar refractivity (Wildman–Crippen MR) is 72.3 cm³/mol. The van der Waals surface area contributed by atoms with Crippen molar-refractivity contribution in [2.75, 3.05) is 0 Å². The van der Waals surface area contributed by atoms with E-state index in [4.69, 9.17) is 0 Å². The molecule has 0 saturated carbocycles. The van der Waals surface area contributed by atoms with Crippen LogP contribution in [0.3, 0.4) is 0 Å². The highest BCUT2D eigenvalue weighted by Gasteiger charge is 1.73. The van der Waals surface area contributed by atoms with Gasteiger partial charge in [0.2, 0.25) is 0 Å². The molecular formula is C14H29N. The third-order valence-electron chi connectivity index (χ3n) is 1.31. The fourth-order valence-electron chi connectivity index (χ4n) is 0.448. The quantitative estimate of drug-likeness (QED) is 0.618. The molecular weight excluding hydrogens is 182 g/mol. The molecule has 0 bridgehead atoms. The minimum Gasteiger partial charge on any atom is -0.264 e. The van der Waals surface area contributed by atoms with Gasteiger partial charge in [0.05, 0.1) is 0 Å². The smallest absolute Gasteiger partial charge is 0.0297 e. The van der Waals surface area contributed by atoms with Gasteiger partial charge in [0.15, 0.2) is 0 Å². The molecule has 1 heteroatoms. The summed E-state index contributed by atoms with van der Waals surface area (Å²) in [5.41, 5.74) is 1.21. The molecule has 15 heavy (non-hydrogen) atoms. The maximum atomic E-state index is 3.88. The molecule has 1 aromatic rings. The van der Waals surface area contributed by atoms with Crippen molar-refractivity contribution in [2.24, 2.45) is 0 Å². The largest absolute Gasteiger partial charge is 0.264 e. The molecule has 0 aliphatic heterocycles. The van der Waals surface area contributed by atoms with Gasteiger partial charge in [0.25, 0.3) is 0 Å². The van der Waals surface area contributed by atoms with Crippen LogP contribution in [0.1, 0.15) is 59.9 Å². The zero-order valence-electron chi connectivity index (χ0n) is 11.7. The molecule has 0 unspecified atom stereocenters. The van der Waals surface area contributed by atoms with Crippen LogP contribution in [0, 0.1) is 6.92 Å². The van der Waals surface area contributed by atoms with Gasteiger partial charge in [-0.15, -0.1) is 0 Å². The number of hydrogen-bond donors (Lipinski definition) is 0. The maximum absolute atomic E-state index is 3.88. The van der Waals surface area contributed by atoms with Gasteiger partial charge < -0.3 is 0 Å². The van der Waals surface area contributed by atoms with Crippen molar-refractivity contribution in [3.05, 3.63) is 30.1 Å². The van der Waals surface area contributed by atoms with Gasteiger partial charge in [-0.25, -0.2) is 0 Å². The van der Waals surface area contributed by atoms with Crippen LogP contribution < -0.4 is 0 Å². The highest BCUT2D eigenvalue weighted by molar-refractivity contribution is 5.04. The van der Waals surface area contributed by atoms with Gasteiger partial charge in [-0.2, -0.15) is 0 Å². The summed E-state index contributed by atoms with van der Waals surface area (Å²) in [7, 11) is 0. The second-order valence-corrected chi connectivity index (χ2v) is 2.53. The summed E-state index contributed by atoms with van der Waals surface area (Å²) in [4.78, 5) is 3.88. The first-order valence-corrected chi connectivity index (χ1v) is 6.17. The van der Waals surface area contributed by atoms with Crippen LogP contribution >= 0.6 is 0 Å². The fraction of sp³-hybridized carbons (Fsp3) is 0.643. The zero-order valence-corrected chi connectivity index (χ0v) is 11.7. The van der Waals surface area contributed by atoms with Crippen LogP contribution in [0.2, 0.25) is 0 Å². The Balaban J connectivity index is -0.000000156. The highest BCUT2D eigenvalue weighted by atomic mass is 14.6. The van der Waals surface area contributed by atoms with Crippen molar-refractivity contribution in [3.63, 3.8) is 0 Å². The lowest BCUT2D eigenvalue weighted by Crippen LogP contribution is -1.69. The molecule has 0 amide bonds. The first-order valence-electron chi connectivity index (χ1n) is 6.17. The molecule has 1 nitrogen and oxygen atoms in total. The lowest BCUT2D eigenvalue weighted by molar-refractivity contribution is 0.886. The first kappa shape index (κ1) is 19.7. The molecule has 1 heterocycles. The lowest BCUT2D eigenvalue weighted by atomic mass is 10.3. The average molecular weight is 211 g/mol. The molecule has 0 saturated heterocycles. The molecule has 0 spiro atoms.